The number of nitrogens with zero attached hydrogens (tertiary/aromatic N) is 1. The Kier molecular flexibility index (Phi) is 6.29. The van der Waals surface area contributed by atoms with Crippen molar-refractivity contribution in [3.63, 3.8) is 0 Å². The minimum atomic E-state index is -0.341. The minimum absolute atomic E-state index is 0.0109. The quantitative estimate of drug-likeness (QED) is 0.441. The van der Waals surface area contributed by atoms with Crippen LogP contribution in [0.25, 0.3) is 10.8 Å². The number of carbonyl (C=O) groups excluding carboxylic acids is 2. The molecule has 3 aromatic carbocycles. The number of fused-ring (bicyclic) bond motifs is 1. The van der Waals surface area contributed by atoms with Gasteiger partial charge in [0.1, 0.15) is 0 Å². The monoisotopic (exact) mass is 413 g/mol. The fourth-order valence-electron chi connectivity index (χ4n) is 2.60. The van der Waals surface area contributed by atoms with E-state index in [-0.39, 0.29) is 18.2 Å². The van der Waals surface area contributed by atoms with E-state index in [1.54, 1.807) is 37.3 Å². The summed E-state index contributed by atoms with van der Waals surface area (Å²) in [6, 6.07) is 18.0. The van der Waals surface area contributed by atoms with Crippen LogP contribution in [-0.4, -0.2) is 17.5 Å². The molecular weight excluding hydrogens is 397 g/mol. The predicted molar refractivity (Wildman–Crippen MR) is 114 cm³/mol. The van der Waals surface area contributed by atoms with Gasteiger partial charge in [-0.15, -0.1) is 0 Å². The van der Waals surface area contributed by atoms with Gasteiger partial charge in [0, 0.05) is 16.3 Å². The molecule has 0 fully saturated rings. The second-order valence-corrected chi connectivity index (χ2v) is 7.04. The van der Waals surface area contributed by atoms with Crippen molar-refractivity contribution in [2.45, 2.75) is 13.3 Å². The Morgan fingerprint density at radius 1 is 0.964 bits per heavy atom. The van der Waals surface area contributed by atoms with Crippen molar-refractivity contribution in [2.24, 2.45) is 5.10 Å². The lowest BCUT2D eigenvalue weighted by molar-refractivity contribution is -0.115. The van der Waals surface area contributed by atoms with Crippen LogP contribution in [0.15, 0.2) is 65.8 Å². The van der Waals surface area contributed by atoms with E-state index in [4.69, 9.17) is 23.2 Å². The van der Waals surface area contributed by atoms with Gasteiger partial charge in [0.15, 0.2) is 0 Å². The summed E-state index contributed by atoms with van der Waals surface area (Å²) < 4.78 is 0. The molecule has 0 atom stereocenters. The molecule has 0 radical (unpaired) electrons. The molecule has 0 aliphatic carbocycles. The molecule has 5 nitrogen and oxygen atoms in total. The Morgan fingerprint density at radius 2 is 1.71 bits per heavy atom. The maximum Gasteiger partial charge on any atom is 0.271 e. The van der Waals surface area contributed by atoms with Gasteiger partial charge >= 0.3 is 0 Å². The number of hydrogen-bond acceptors (Lipinski definition) is 3. The van der Waals surface area contributed by atoms with Gasteiger partial charge in [0.25, 0.3) is 5.91 Å². The third kappa shape index (κ3) is 5.09. The number of nitrogens with one attached hydrogen (secondary N) is 2. The van der Waals surface area contributed by atoms with Crippen LogP contribution in [0.2, 0.25) is 10.0 Å². The molecule has 0 bridgehead atoms. The summed E-state index contributed by atoms with van der Waals surface area (Å²) in [5.74, 6) is -0.642. The Bertz CT molecular complexity index is 1080. The highest BCUT2D eigenvalue weighted by Gasteiger charge is 2.09. The molecule has 0 aliphatic rings. The number of amides is 2. The van der Waals surface area contributed by atoms with E-state index in [2.05, 4.69) is 15.8 Å². The van der Waals surface area contributed by atoms with Gasteiger partial charge in [0.2, 0.25) is 5.91 Å². The summed E-state index contributed by atoms with van der Waals surface area (Å²) in [5.41, 5.74) is 3.89. The molecule has 2 N–H and O–H groups in total. The van der Waals surface area contributed by atoms with E-state index in [0.29, 0.717) is 27.0 Å². The summed E-state index contributed by atoms with van der Waals surface area (Å²) in [7, 11) is 0. The molecule has 2 amide bonds. The van der Waals surface area contributed by atoms with Crippen molar-refractivity contribution < 1.29 is 9.59 Å². The topological polar surface area (TPSA) is 70.6 Å². The van der Waals surface area contributed by atoms with Gasteiger partial charge < -0.3 is 5.32 Å². The van der Waals surface area contributed by atoms with Gasteiger partial charge in [-0.25, -0.2) is 5.43 Å². The molecule has 0 unspecified atom stereocenters. The van der Waals surface area contributed by atoms with Crippen LogP contribution in [-0.2, 0) is 4.79 Å². The fourth-order valence-corrected chi connectivity index (χ4v) is 3.05. The first-order chi connectivity index (χ1) is 13.4. The highest BCUT2D eigenvalue weighted by molar-refractivity contribution is 6.36. The lowest BCUT2D eigenvalue weighted by atomic mass is 10.1. The summed E-state index contributed by atoms with van der Waals surface area (Å²) in [4.78, 5) is 24.4. The Morgan fingerprint density at radius 3 is 2.46 bits per heavy atom. The number of benzene rings is 3. The van der Waals surface area contributed by atoms with Crippen LogP contribution in [0, 0.1) is 0 Å². The zero-order chi connectivity index (χ0) is 20.1. The van der Waals surface area contributed by atoms with Crippen molar-refractivity contribution in [2.75, 3.05) is 5.32 Å². The smallest absolute Gasteiger partial charge is 0.271 e. The molecule has 3 aromatic rings. The Balaban J connectivity index is 1.59. The number of carbonyl (C=O) groups is 2. The third-order valence-corrected chi connectivity index (χ3v) is 4.53. The van der Waals surface area contributed by atoms with Crippen molar-refractivity contribution >= 4 is 57.2 Å². The first-order valence-electron chi connectivity index (χ1n) is 8.49. The molecule has 0 spiro atoms. The van der Waals surface area contributed by atoms with Gasteiger partial charge in [0.05, 0.1) is 17.1 Å². The standard InChI is InChI=1S/C21H17Cl2N3O2/c1-13(10-20(27)24-19-9-8-17(22)12-18(19)23)25-26-21(28)16-7-6-14-4-2-3-5-15(14)11-16/h2-9,11-12H,10H2,1H3,(H,24,27)(H,26,28). The minimum Gasteiger partial charge on any atom is -0.324 e. The van der Waals surface area contributed by atoms with E-state index >= 15 is 0 Å². The average molecular weight is 414 g/mol. The average Bonchev–Trinajstić information content (AvgIpc) is 2.68. The zero-order valence-electron chi connectivity index (χ0n) is 15.0. The molecule has 0 saturated heterocycles. The van der Waals surface area contributed by atoms with Crippen LogP contribution in [0.3, 0.4) is 0 Å². The summed E-state index contributed by atoms with van der Waals surface area (Å²) in [5, 5.41) is 9.54. The predicted octanol–water partition coefficient (Wildman–Crippen LogP) is 5.28. The van der Waals surface area contributed by atoms with Gasteiger partial charge in [-0.1, -0.05) is 53.5 Å². The van der Waals surface area contributed by atoms with Crippen LogP contribution in [0.4, 0.5) is 5.69 Å². The van der Waals surface area contributed by atoms with E-state index in [9.17, 15) is 9.59 Å². The summed E-state index contributed by atoms with van der Waals surface area (Å²) in [6.07, 6.45) is 0.0109. The van der Waals surface area contributed by atoms with Gasteiger partial charge in [-0.05, 0) is 48.0 Å². The van der Waals surface area contributed by atoms with E-state index in [1.807, 2.05) is 30.3 Å². The third-order valence-electron chi connectivity index (χ3n) is 3.98. The molecule has 7 heteroatoms. The number of rotatable bonds is 5. The maximum absolute atomic E-state index is 12.3. The molecule has 0 heterocycles. The van der Waals surface area contributed by atoms with Crippen molar-refractivity contribution in [1.29, 1.82) is 0 Å². The Labute approximate surface area is 172 Å². The second kappa shape index (κ2) is 8.87. The molecule has 28 heavy (non-hydrogen) atoms. The van der Waals surface area contributed by atoms with Crippen molar-refractivity contribution in [3.8, 4) is 0 Å². The van der Waals surface area contributed by atoms with Crippen molar-refractivity contribution in [1.82, 2.24) is 5.43 Å². The van der Waals surface area contributed by atoms with Gasteiger partial charge in [-0.2, -0.15) is 5.10 Å². The summed E-state index contributed by atoms with van der Waals surface area (Å²) >= 11 is 11.9. The number of anilines is 1. The lowest BCUT2D eigenvalue weighted by Gasteiger charge is -2.08. The van der Waals surface area contributed by atoms with Crippen LogP contribution < -0.4 is 10.7 Å². The van der Waals surface area contributed by atoms with E-state index in [1.165, 1.54) is 0 Å². The van der Waals surface area contributed by atoms with Gasteiger partial charge in [-0.3, -0.25) is 9.59 Å². The zero-order valence-corrected chi connectivity index (χ0v) is 16.5. The first kappa shape index (κ1) is 19.9. The number of hydrazone groups is 1. The summed E-state index contributed by atoms with van der Waals surface area (Å²) in [6.45, 7) is 1.66. The molecular formula is C21H17Cl2N3O2. The molecule has 0 aromatic heterocycles. The van der Waals surface area contributed by atoms with Crippen LogP contribution in [0.1, 0.15) is 23.7 Å². The van der Waals surface area contributed by atoms with E-state index < -0.39 is 0 Å². The highest BCUT2D eigenvalue weighted by atomic mass is 35.5. The largest absolute Gasteiger partial charge is 0.324 e. The molecule has 0 aliphatic heterocycles. The first-order valence-corrected chi connectivity index (χ1v) is 9.25. The highest BCUT2D eigenvalue weighted by Crippen LogP contribution is 2.25. The normalized spacial score (nSPS) is 11.3. The SMILES string of the molecule is CC(CC(=O)Nc1ccc(Cl)cc1Cl)=NNC(=O)c1ccc2ccccc2c1. The van der Waals surface area contributed by atoms with Crippen LogP contribution in [0.5, 0.6) is 0 Å². The van der Waals surface area contributed by atoms with Crippen LogP contribution >= 0.6 is 23.2 Å². The lowest BCUT2D eigenvalue weighted by Crippen LogP contribution is -2.21. The molecule has 0 saturated carbocycles. The number of hydrogen-bond donors (Lipinski definition) is 2. The second-order valence-electron chi connectivity index (χ2n) is 6.20. The maximum atomic E-state index is 12.3. The van der Waals surface area contributed by atoms with E-state index in [0.717, 1.165) is 10.8 Å². The molecule has 3 rings (SSSR count). The Hall–Kier alpha value is -2.89. The molecule has 142 valence electrons. The van der Waals surface area contributed by atoms with Crippen molar-refractivity contribution in [3.05, 3.63) is 76.3 Å². The number of halogens is 2. The fraction of sp³-hybridized carbons (Fsp3) is 0.0952.